The molecule has 3 nitrogen and oxygen atoms in total. The van der Waals surface area contributed by atoms with Crippen molar-refractivity contribution in [3.8, 4) is 0 Å². The van der Waals surface area contributed by atoms with Crippen LogP contribution in [-0.4, -0.2) is 5.91 Å². The lowest BCUT2D eigenvalue weighted by molar-refractivity contribution is -0.115. The van der Waals surface area contributed by atoms with Crippen LogP contribution in [0.1, 0.15) is 5.56 Å². The summed E-state index contributed by atoms with van der Waals surface area (Å²) in [4.78, 5) is 11.8. The number of carbonyl (C=O) groups excluding carboxylic acids is 1. The number of rotatable bonds is 3. The first-order valence-corrected chi connectivity index (χ1v) is 6.44. The summed E-state index contributed by atoms with van der Waals surface area (Å²) in [6, 6.07) is 11.3. The number of nitrogens with two attached hydrogens (primary N) is 1. The average Bonchev–Trinajstić information content (AvgIpc) is 2.37. The Hall–Kier alpha value is -1.88. The Morgan fingerprint density at radius 1 is 1.26 bits per heavy atom. The molecule has 2 rings (SSSR count). The molecule has 0 aliphatic heterocycles. The minimum absolute atomic E-state index is 0.0113. The summed E-state index contributed by atoms with van der Waals surface area (Å²) in [7, 11) is 0. The zero-order chi connectivity index (χ0) is 13.8. The third-order valence-electron chi connectivity index (χ3n) is 2.59. The van der Waals surface area contributed by atoms with Gasteiger partial charge in [0.05, 0.1) is 6.42 Å². The van der Waals surface area contributed by atoms with E-state index < -0.39 is 0 Å². The standard InChI is InChI=1S/C14H12BrFN2O/c15-11-6-5-10(8-13(11)17)18-14(19)7-9-3-1-2-4-12(9)16/h1-6,8H,7,17H2,(H,18,19). The molecule has 2 aromatic carbocycles. The fourth-order valence-electron chi connectivity index (χ4n) is 1.64. The molecule has 0 unspecified atom stereocenters. The third kappa shape index (κ3) is 3.54. The van der Waals surface area contributed by atoms with Gasteiger partial charge in [-0.2, -0.15) is 0 Å². The van der Waals surface area contributed by atoms with Gasteiger partial charge in [0.2, 0.25) is 5.91 Å². The van der Waals surface area contributed by atoms with Crippen molar-refractivity contribution in [3.63, 3.8) is 0 Å². The van der Waals surface area contributed by atoms with Crippen molar-refractivity contribution in [2.75, 3.05) is 11.1 Å². The first kappa shape index (κ1) is 13.5. The van der Waals surface area contributed by atoms with Gasteiger partial charge in [-0.15, -0.1) is 0 Å². The third-order valence-corrected chi connectivity index (χ3v) is 3.31. The fourth-order valence-corrected chi connectivity index (χ4v) is 1.89. The highest BCUT2D eigenvalue weighted by molar-refractivity contribution is 9.10. The molecule has 2 aromatic rings. The van der Waals surface area contributed by atoms with Crippen molar-refractivity contribution in [2.24, 2.45) is 0 Å². The number of halogens is 2. The molecule has 0 radical (unpaired) electrons. The zero-order valence-electron chi connectivity index (χ0n) is 9.99. The van der Waals surface area contributed by atoms with Crippen LogP contribution in [0.5, 0.6) is 0 Å². The second-order valence-corrected chi connectivity index (χ2v) is 4.91. The van der Waals surface area contributed by atoms with Gasteiger partial charge in [0, 0.05) is 15.8 Å². The van der Waals surface area contributed by atoms with Gasteiger partial charge in [-0.25, -0.2) is 4.39 Å². The number of hydrogen-bond donors (Lipinski definition) is 2. The van der Waals surface area contributed by atoms with Crippen LogP contribution in [0.2, 0.25) is 0 Å². The zero-order valence-corrected chi connectivity index (χ0v) is 11.6. The molecule has 0 saturated heterocycles. The summed E-state index contributed by atoms with van der Waals surface area (Å²) in [6.45, 7) is 0. The highest BCUT2D eigenvalue weighted by Crippen LogP contribution is 2.23. The predicted octanol–water partition coefficient (Wildman–Crippen LogP) is 3.35. The molecule has 19 heavy (non-hydrogen) atoms. The van der Waals surface area contributed by atoms with Crippen molar-refractivity contribution < 1.29 is 9.18 Å². The molecule has 5 heteroatoms. The topological polar surface area (TPSA) is 55.1 Å². The Balaban J connectivity index is 2.05. The van der Waals surface area contributed by atoms with Crippen LogP contribution < -0.4 is 11.1 Å². The Morgan fingerprint density at radius 3 is 2.68 bits per heavy atom. The van der Waals surface area contributed by atoms with Crippen LogP contribution in [0.25, 0.3) is 0 Å². The first-order chi connectivity index (χ1) is 9.06. The van der Waals surface area contributed by atoms with Crippen molar-refractivity contribution in [1.82, 2.24) is 0 Å². The lowest BCUT2D eigenvalue weighted by atomic mass is 10.1. The predicted molar refractivity (Wildman–Crippen MR) is 77.3 cm³/mol. The van der Waals surface area contributed by atoms with Crippen LogP contribution >= 0.6 is 15.9 Å². The van der Waals surface area contributed by atoms with E-state index in [4.69, 9.17) is 5.73 Å². The summed E-state index contributed by atoms with van der Waals surface area (Å²) in [5, 5.41) is 2.68. The molecule has 3 N–H and O–H groups in total. The quantitative estimate of drug-likeness (QED) is 0.851. The minimum atomic E-state index is -0.382. The van der Waals surface area contributed by atoms with E-state index in [0.29, 0.717) is 16.9 Å². The Morgan fingerprint density at radius 2 is 2.00 bits per heavy atom. The van der Waals surface area contributed by atoms with E-state index in [1.54, 1.807) is 36.4 Å². The molecule has 0 aliphatic rings. The van der Waals surface area contributed by atoms with Gasteiger partial charge in [-0.3, -0.25) is 4.79 Å². The van der Waals surface area contributed by atoms with Gasteiger partial charge in [0.15, 0.2) is 0 Å². The molecule has 0 spiro atoms. The maximum absolute atomic E-state index is 13.4. The summed E-state index contributed by atoms with van der Waals surface area (Å²) < 4.78 is 14.2. The van der Waals surface area contributed by atoms with Crippen molar-refractivity contribution in [3.05, 3.63) is 58.3 Å². The summed E-state index contributed by atoms with van der Waals surface area (Å²) in [5.41, 5.74) is 7.20. The normalized spacial score (nSPS) is 10.2. The first-order valence-electron chi connectivity index (χ1n) is 5.64. The molecule has 0 fully saturated rings. The monoisotopic (exact) mass is 322 g/mol. The average molecular weight is 323 g/mol. The van der Waals surface area contributed by atoms with Crippen LogP contribution in [0.4, 0.5) is 15.8 Å². The lowest BCUT2D eigenvalue weighted by Gasteiger charge is -2.07. The van der Waals surface area contributed by atoms with E-state index in [0.717, 1.165) is 4.47 Å². The molecule has 98 valence electrons. The summed E-state index contributed by atoms with van der Waals surface area (Å²) >= 11 is 3.27. The number of carbonyl (C=O) groups is 1. The molecule has 0 bridgehead atoms. The van der Waals surface area contributed by atoms with E-state index >= 15 is 0 Å². The van der Waals surface area contributed by atoms with Gasteiger partial charge in [0.1, 0.15) is 5.82 Å². The van der Waals surface area contributed by atoms with Crippen LogP contribution in [-0.2, 0) is 11.2 Å². The van der Waals surface area contributed by atoms with Crippen LogP contribution in [0, 0.1) is 5.82 Å². The molecular weight excluding hydrogens is 311 g/mol. The van der Waals surface area contributed by atoms with E-state index in [9.17, 15) is 9.18 Å². The SMILES string of the molecule is Nc1cc(NC(=O)Cc2ccccc2F)ccc1Br. The Kier molecular flexibility index (Phi) is 4.16. The Labute approximate surface area is 118 Å². The van der Waals surface area contributed by atoms with Gasteiger partial charge < -0.3 is 11.1 Å². The highest BCUT2D eigenvalue weighted by Gasteiger charge is 2.08. The number of benzene rings is 2. The van der Waals surface area contributed by atoms with Gasteiger partial charge in [0.25, 0.3) is 0 Å². The lowest BCUT2D eigenvalue weighted by Crippen LogP contribution is -2.15. The maximum atomic E-state index is 13.4. The van der Waals surface area contributed by atoms with Gasteiger partial charge >= 0.3 is 0 Å². The number of amides is 1. The molecular formula is C14H12BrFN2O. The van der Waals surface area contributed by atoms with Crippen LogP contribution in [0.3, 0.4) is 0 Å². The largest absolute Gasteiger partial charge is 0.398 e. The van der Waals surface area contributed by atoms with Crippen molar-refractivity contribution >= 4 is 33.2 Å². The number of nitrogen functional groups attached to an aromatic ring is 1. The van der Waals surface area contributed by atoms with E-state index in [-0.39, 0.29) is 18.1 Å². The van der Waals surface area contributed by atoms with E-state index in [2.05, 4.69) is 21.2 Å². The van der Waals surface area contributed by atoms with E-state index in [1.807, 2.05) is 0 Å². The summed E-state index contributed by atoms with van der Waals surface area (Å²) in [5.74, 6) is -0.667. The second-order valence-electron chi connectivity index (χ2n) is 4.05. The highest BCUT2D eigenvalue weighted by atomic mass is 79.9. The van der Waals surface area contributed by atoms with Gasteiger partial charge in [-0.1, -0.05) is 18.2 Å². The van der Waals surface area contributed by atoms with Crippen LogP contribution in [0.15, 0.2) is 46.9 Å². The van der Waals surface area contributed by atoms with E-state index in [1.165, 1.54) is 6.07 Å². The molecule has 0 heterocycles. The van der Waals surface area contributed by atoms with Gasteiger partial charge in [-0.05, 0) is 45.8 Å². The number of nitrogens with one attached hydrogen (secondary N) is 1. The van der Waals surface area contributed by atoms with Crippen molar-refractivity contribution in [1.29, 1.82) is 0 Å². The Bertz CT molecular complexity index is 616. The smallest absolute Gasteiger partial charge is 0.228 e. The summed E-state index contributed by atoms with van der Waals surface area (Å²) in [6.07, 6.45) is -0.0113. The minimum Gasteiger partial charge on any atom is -0.398 e. The fraction of sp³-hybridized carbons (Fsp3) is 0.0714. The molecule has 1 amide bonds. The number of hydrogen-bond acceptors (Lipinski definition) is 2. The van der Waals surface area contributed by atoms with Crippen molar-refractivity contribution in [2.45, 2.75) is 6.42 Å². The second kappa shape index (κ2) is 5.84. The molecule has 0 saturated carbocycles. The maximum Gasteiger partial charge on any atom is 0.228 e. The number of anilines is 2. The molecule has 0 aliphatic carbocycles. The molecule has 0 atom stereocenters. The molecule has 0 aromatic heterocycles.